The lowest BCUT2D eigenvalue weighted by Gasteiger charge is -2.21. The quantitative estimate of drug-likeness (QED) is 0.407. The number of hydrogen-bond acceptors (Lipinski definition) is 0. The first-order chi connectivity index (χ1) is 15.7. The summed E-state index contributed by atoms with van der Waals surface area (Å²) < 4.78 is 0. The maximum atomic E-state index is 4.35. The van der Waals surface area contributed by atoms with Gasteiger partial charge in [-0.2, -0.15) is 0 Å². The molecule has 0 heterocycles. The Balaban J connectivity index is 1.48. The van der Waals surface area contributed by atoms with E-state index < -0.39 is 0 Å². The zero-order valence-corrected chi connectivity index (χ0v) is 21.0. The second kappa shape index (κ2) is 9.56. The van der Waals surface area contributed by atoms with E-state index in [-0.39, 0.29) is 5.41 Å². The molecule has 2 unspecified atom stereocenters. The van der Waals surface area contributed by atoms with Crippen LogP contribution in [-0.4, -0.2) is 0 Å². The molecular formula is C33H38. The molecule has 33 heavy (non-hydrogen) atoms. The van der Waals surface area contributed by atoms with Crippen LogP contribution in [0.15, 0.2) is 108 Å². The minimum Gasteiger partial charge on any atom is -0.0952 e. The molecule has 0 aliphatic heterocycles. The Morgan fingerprint density at radius 3 is 2.27 bits per heavy atom. The topological polar surface area (TPSA) is 0 Å². The summed E-state index contributed by atoms with van der Waals surface area (Å²) in [5, 5.41) is 0. The third-order valence-corrected chi connectivity index (χ3v) is 7.26. The number of aryl methyl sites for hydroxylation is 1. The van der Waals surface area contributed by atoms with E-state index in [4.69, 9.17) is 0 Å². The van der Waals surface area contributed by atoms with E-state index in [0.29, 0.717) is 11.8 Å². The standard InChI is InChI=1S/C33H38/c1-23-12-15-26(16-13-23)20-29-21-30(33(4,5)6)22-32(29)31-19-18-28(25(31)3)17-14-24(2)27-10-8-7-9-11-27/h7-13,15-16,18-19,21-22,25,29H,2,14,17,20H2,1,3-6H3. The summed E-state index contributed by atoms with van der Waals surface area (Å²) in [5.74, 6) is 0.913. The number of allylic oxidation sites excluding steroid dienone is 9. The first-order valence-electron chi connectivity index (χ1n) is 12.4. The second-order valence-corrected chi connectivity index (χ2v) is 10.8. The van der Waals surface area contributed by atoms with Crippen molar-refractivity contribution in [3.05, 3.63) is 124 Å². The lowest BCUT2D eigenvalue weighted by atomic mass is 9.83. The molecule has 0 nitrogen and oxygen atoms in total. The highest BCUT2D eigenvalue weighted by Gasteiger charge is 2.31. The van der Waals surface area contributed by atoms with Gasteiger partial charge in [-0.25, -0.2) is 0 Å². The Bertz CT molecular complexity index is 1120. The van der Waals surface area contributed by atoms with Gasteiger partial charge < -0.3 is 0 Å². The van der Waals surface area contributed by atoms with Gasteiger partial charge in [0.2, 0.25) is 0 Å². The fourth-order valence-electron chi connectivity index (χ4n) is 4.98. The Morgan fingerprint density at radius 1 is 0.909 bits per heavy atom. The smallest absolute Gasteiger partial charge is 0.00674 e. The molecule has 0 spiro atoms. The molecular weight excluding hydrogens is 396 g/mol. The molecule has 0 bridgehead atoms. The summed E-state index contributed by atoms with van der Waals surface area (Å²) in [6.07, 6.45) is 12.9. The summed E-state index contributed by atoms with van der Waals surface area (Å²) in [6, 6.07) is 19.6. The highest BCUT2D eigenvalue weighted by molar-refractivity contribution is 5.63. The van der Waals surface area contributed by atoms with Crippen LogP contribution in [0, 0.1) is 24.2 Å². The molecule has 2 aliphatic carbocycles. The number of hydrogen-bond donors (Lipinski definition) is 0. The summed E-state index contributed by atoms with van der Waals surface area (Å²) in [5.41, 5.74) is 11.4. The van der Waals surface area contributed by atoms with Crippen molar-refractivity contribution in [2.75, 3.05) is 0 Å². The average molecular weight is 435 g/mol. The Morgan fingerprint density at radius 2 is 1.61 bits per heavy atom. The molecule has 2 aromatic carbocycles. The van der Waals surface area contributed by atoms with Crippen LogP contribution >= 0.6 is 0 Å². The predicted molar refractivity (Wildman–Crippen MR) is 144 cm³/mol. The van der Waals surface area contributed by atoms with E-state index >= 15 is 0 Å². The summed E-state index contributed by atoms with van der Waals surface area (Å²) in [7, 11) is 0. The van der Waals surface area contributed by atoms with E-state index in [1.807, 2.05) is 0 Å². The fourth-order valence-corrected chi connectivity index (χ4v) is 4.98. The van der Waals surface area contributed by atoms with Gasteiger partial charge in [-0.3, -0.25) is 0 Å². The average Bonchev–Trinajstić information content (AvgIpc) is 3.37. The van der Waals surface area contributed by atoms with Gasteiger partial charge in [-0.15, -0.1) is 0 Å². The first-order valence-corrected chi connectivity index (χ1v) is 12.4. The van der Waals surface area contributed by atoms with Crippen LogP contribution in [0.4, 0.5) is 0 Å². The van der Waals surface area contributed by atoms with Crippen molar-refractivity contribution in [1.82, 2.24) is 0 Å². The molecule has 0 saturated carbocycles. The lowest BCUT2D eigenvalue weighted by molar-refractivity contribution is 0.516. The molecule has 0 amide bonds. The third kappa shape index (κ3) is 5.38. The van der Waals surface area contributed by atoms with Gasteiger partial charge in [-0.1, -0.05) is 124 Å². The van der Waals surface area contributed by atoms with E-state index in [1.165, 1.54) is 44.6 Å². The lowest BCUT2D eigenvalue weighted by Crippen LogP contribution is -2.10. The summed E-state index contributed by atoms with van der Waals surface area (Å²) >= 11 is 0. The SMILES string of the molecule is C=C(CCC1=CC=C(C2=CC(C(C)(C)C)=CC2Cc2ccc(C)cc2)C1C)c1ccccc1. The van der Waals surface area contributed by atoms with Crippen LogP contribution < -0.4 is 0 Å². The fraction of sp³-hybridized carbons (Fsp3) is 0.333. The van der Waals surface area contributed by atoms with Crippen molar-refractivity contribution < 1.29 is 0 Å². The van der Waals surface area contributed by atoms with Crippen molar-refractivity contribution >= 4 is 5.57 Å². The zero-order valence-electron chi connectivity index (χ0n) is 21.0. The second-order valence-electron chi connectivity index (χ2n) is 10.8. The van der Waals surface area contributed by atoms with Crippen LogP contribution in [0.5, 0.6) is 0 Å². The summed E-state index contributed by atoms with van der Waals surface area (Å²) in [6.45, 7) is 15.9. The maximum Gasteiger partial charge on any atom is 0.00674 e. The van der Waals surface area contributed by atoms with Gasteiger partial charge in [-0.05, 0) is 65.0 Å². The molecule has 2 atom stereocenters. The molecule has 0 N–H and O–H groups in total. The Labute approximate surface area is 201 Å². The van der Waals surface area contributed by atoms with Crippen LogP contribution in [0.3, 0.4) is 0 Å². The number of benzene rings is 2. The van der Waals surface area contributed by atoms with Gasteiger partial charge >= 0.3 is 0 Å². The van der Waals surface area contributed by atoms with E-state index in [2.05, 4.69) is 120 Å². The van der Waals surface area contributed by atoms with Crippen molar-refractivity contribution in [2.45, 2.75) is 53.9 Å². The first kappa shape index (κ1) is 23.3. The predicted octanol–water partition coefficient (Wildman–Crippen LogP) is 9.06. The monoisotopic (exact) mass is 434 g/mol. The zero-order chi connectivity index (χ0) is 23.6. The molecule has 0 radical (unpaired) electrons. The molecule has 170 valence electrons. The van der Waals surface area contributed by atoms with Gasteiger partial charge in [0.1, 0.15) is 0 Å². The molecule has 2 aromatic rings. The molecule has 0 aromatic heterocycles. The highest BCUT2D eigenvalue weighted by Crippen LogP contribution is 2.45. The number of rotatable bonds is 7. The van der Waals surface area contributed by atoms with Gasteiger partial charge in [0, 0.05) is 11.8 Å². The summed E-state index contributed by atoms with van der Waals surface area (Å²) in [4.78, 5) is 0. The molecule has 0 fully saturated rings. The Hall–Kier alpha value is -2.86. The van der Waals surface area contributed by atoms with Gasteiger partial charge in [0.05, 0.1) is 0 Å². The van der Waals surface area contributed by atoms with E-state index in [9.17, 15) is 0 Å². The normalized spacial score (nSPS) is 20.3. The minimum atomic E-state index is 0.166. The minimum absolute atomic E-state index is 0.166. The van der Waals surface area contributed by atoms with Crippen molar-refractivity contribution in [3.8, 4) is 0 Å². The van der Waals surface area contributed by atoms with E-state index in [1.54, 1.807) is 0 Å². The van der Waals surface area contributed by atoms with Crippen LogP contribution in [0.2, 0.25) is 0 Å². The third-order valence-electron chi connectivity index (χ3n) is 7.26. The van der Waals surface area contributed by atoms with E-state index in [0.717, 1.165) is 19.3 Å². The Kier molecular flexibility index (Phi) is 6.75. The molecule has 0 heteroatoms. The van der Waals surface area contributed by atoms with Gasteiger partial charge in [0.25, 0.3) is 0 Å². The van der Waals surface area contributed by atoms with Crippen molar-refractivity contribution in [1.29, 1.82) is 0 Å². The maximum absolute atomic E-state index is 4.35. The van der Waals surface area contributed by atoms with Crippen LogP contribution in [0.25, 0.3) is 5.57 Å². The largest absolute Gasteiger partial charge is 0.0952 e. The van der Waals surface area contributed by atoms with Crippen LogP contribution in [0.1, 0.15) is 57.2 Å². The van der Waals surface area contributed by atoms with Crippen LogP contribution in [-0.2, 0) is 6.42 Å². The molecule has 0 saturated heterocycles. The highest BCUT2D eigenvalue weighted by atomic mass is 14.4. The molecule has 4 rings (SSSR count). The van der Waals surface area contributed by atoms with Crippen molar-refractivity contribution in [2.24, 2.45) is 17.3 Å². The molecule has 2 aliphatic rings. The van der Waals surface area contributed by atoms with Gasteiger partial charge in [0.15, 0.2) is 0 Å². The van der Waals surface area contributed by atoms with Crippen molar-refractivity contribution in [3.63, 3.8) is 0 Å².